The van der Waals surface area contributed by atoms with Crippen LogP contribution in [0.2, 0.25) is 0 Å². The summed E-state index contributed by atoms with van der Waals surface area (Å²) in [5.41, 5.74) is 2.92. The first kappa shape index (κ1) is 10.1. The lowest BCUT2D eigenvalue weighted by Gasteiger charge is -2.03. The van der Waals surface area contributed by atoms with Crippen molar-refractivity contribution in [1.29, 1.82) is 0 Å². The van der Waals surface area contributed by atoms with Gasteiger partial charge in [-0.1, -0.05) is 13.8 Å². The Kier molecular flexibility index (Phi) is 2.84. The molecule has 0 aliphatic rings. The zero-order valence-corrected chi connectivity index (χ0v) is 10.2. The fraction of sp³-hybridized carbons (Fsp3) is 0.333. The van der Waals surface area contributed by atoms with Crippen molar-refractivity contribution >= 4 is 34.1 Å². The number of hydrogen-bond donors (Lipinski definition) is 1. The Morgan fingerprint density at radius 3 is 2.50 bits per heavy atom. The van der Waals surface area contributed by atoms with Gasteiger partial charge in [0.25, 0.3) is 0 Å². The van der Waals surface area contributed by atoms with E-state index in [0.29, 0.717) is 0 Å². The van der Waals surface area contributed by atoms with Crippen LogP contribution in [0.1, 0.15) is 25.0 Å². The van der Waals surface area contributed by atoms with Crippen molar-refractivity contribution < 1.29 is 0 Å². The monoisotopic (exact) mass is 222 g/mol. The van der Waals surface area contributed by atoms with Crippen molar-refractivity contribution in [2.75, 3.05) is 0 Å². The summed E-state index contributed by atoms with van der Waals surface area (Å²) >= 11 is 6.26. The first-order valence-corrected chi connectivity index (χ1v) is 6.30. The van der Waals surface area contributed by atoms with Crippen molar-refractivity contribution in [2.45, 2.75) is 31.6 Å². The van der Waals surface area contributed by atoms with Crippen LogP contribution in [-0.2, 0) is 12.8 Å². The van der Waals surface area contributed by atoms with Crippen LogP contribution in [0.4, 0.5) is 0 Å². The van der Waals surface area contributed by atoms with Crippen LogP contribution in [0.25, 0.3) is 10.1 Å². The maximum absolute atomic E-state index is 4.43. The summed E-state index contributed by atoms with van der Waals surface area (Å²) in [5.74, 6) is 0. The van der Waals surface area contributed by atoms with Crippen LogP contribution in [0.3, 0.4) is 0 Å². The topological polar surface area (TPSA) is 0 Å². The molecule has 0 N–H and O–H groups in total. The third-order valence-corrected chi connectivity index (χ3v) is 3.82. The third-order valence-electron chi connectivity index (χ3n) is 2.58. The minimum Gasteiger partial charge on any atom is -0.143 e. The molecule has 1 heterocycles. The van der Waals surface area contributed by atoms with E-state index in [4.69, 9.17) is 0 Å². The van der Waals surface area contributed by atoms with Crippen LogP contribution in [0.5, 0.6) is 0 Å². The summed E-state index contributed by atoms with van der Waals surface area (Å²) in [7, 11) is 0. The van der Waals surface area contributed by atoms with E-state index in [9.17, 15) is 0 Å². The second-order valence-corrected chi connectivity index (χ2v) is 4.87. The van der Waals surface area contributed by atoms with Crippen LogP contribution in [0.15, 0.2) is 22.4 Å². The molecule has 0 saturated heterocycles. The highest BCUT2D eigenvalue weighted by Crippen LogP contribution is 2.32. The Hall–Kier alpha value is -0.470. The molecule has 0 spiro atoms. The van der Waals surface area contributed by atoms with E-state index < -0.39 is 0 Å². The highest BCUT2D eigenvalue weighted by Gasteiger charge is 2.07. The molecule has 2 heteroatoms. The van der Waals surface area contributed by atoms with E-state index in [1.54, 1.807) is 0 Å². The molecule has 1 aromatic carbocycles. The second kappa shape index (κ2) is 3.95. The van der Waals surface area contributed by atoms with E-state index in [1.807, 2.05) is 11.3 Å². The average molecular weight is 222 g/mol. The van der Waals surface area contributed by atoms with Gasteiger partial charge in [-0.3, -0.25) is 0 Å². The fourth-order valence-electron chi connectivity index (χ4n) is 1.85. The number of thiol groups is 1. The Balaban J connectivity index is 2.78. The van der Waals surface area contributed by atoms with Gasteiger partial charge in [0.1, 0.15) is 0 Å². The van der Waals surface area contributed by atoms with Gasteiger partial charge in [0.15, 0.2) is 0 Å². The lowest BCUT2D eigenvalue weighted by molar-refractivity contribution is 1.12. The zero-order chi connectivity index (χ0) is 10.1. The minimum atomic E-state index is 1.08. The summed E-state index contributed by atoms with van der Waals surface area (Å²) < 4.78 is 1.38. The van der Waals surface area contributed by atoms with Gasteiger partial charge in [-0.2, -0.15) is 0 Å². The lowest BCUT2D eigenvalue weighted by atomic mass is 10.0. The SMILES string of the molecule is CCc1csc2cc(S)cc(CC)c12. The molecule has 1 aromatic heterocycles. The normalized spacial score (nSPS) is 11.1. The molecular formula is C12H14S2. The fourth-order valence-corrected chi connectivity index (χ4v) is 3.35. The van der Waals surface area contributed by atoms with Crippen molar-refractivity contribution in [3.63, 3.8) is 0 Å². The number of thiophene rings is 1. The maximum atomic E-state index is 4.43. The first-order valence-electron chi connectivity index (χ1n) is 4.98. The quantitative estimate of drug-likeness (QED) is 0.719. The van der Waals surface area contributed by atoms with Gasteiger partial charge in [0.05, 0.1) is 0 Å². The zero-order valence-electron chi connectivity index (χ0n) is 8.50. The number of rotatable bonds is 2. The minimum absolute atomic E-state index is 1.08. The largest absolute Gasteiger partial charge is 0.143 e. The van der Waals surface area contributed by atoms with Gasteiger partial charge in [0, 0.05) is 9.60 Å². The molecule has 0 amide bonds. The van der Waals surface area contributed by atoms with Gasteiger partial charge >= 0.3 is 0 Å². The van der Waals surface area contributed by atoms with Crippen LogP contribution < -0.4 is 0 Å². The predicted molar refractivity (Wildman–Crippen MR) is 67.8 cm³/mol. The molecule has 0 radical (unpaired) electrons. The average Bonchev–Trinajstić information content (AvgIpc) is 2.59. The first-order chi connectivity index (χ1) is 6.76. The van der Waals surface area contributed by atoms with E-state index in [2.05, 4.69) is 44.0 Å². The Bertz CT molecular complexity index is 455. The number of hydrogen-bond acceptors (Lipinski definition) is 2. The number of aryl methyl sites for hydroxylation is 2. The highest BCUT2D eigenvalue weighted by atomic mass is 32.1. The highest BCUT2D eigenvalue weighted by molar-refractivity contribution is 7.80. The van der Waals surface area contributed by atoms with Gasteiger partial charge in [0.2, 0.25) is 0 Å². The molecule has 0 aliphatic carbocycles. The summed E-state index contributed by atoms with van der Waals surface area (Å²) in [4.78, 5) is 1.08. The molecule has 0 nitrogen and oxygen atoms in total. The van der Waals surface area contributed by atoms with E-state index >= 15 is 0 Å². The smallest absolute Gasteiger partial charge is 0.0359 e. The molecule has 2 rings (SSSR count). The Morgan fingerprint density at radius 1 is 1.14 bits per heavy atom. The van der Waals surface area contributed by atoms with Gasteiger partial charge in [-0.05, 0) is 46.9 Å². The molecule has 0 saturated carbocycles. The summed E-state index contributed by atoms with van der Waals surface area (Å²) in [6, 6.07) is 4.36. The number of fused-ring (bicyclic) bond motifs is 1. The molecule has 0 atom stereocenters. The summed E-state index contributed by atoms with van der Waals surface area (Å²) in [6.07, 6.45) is 2.22. The Labute approximate surface area is 94.4 Å². The van der Waals surface area contributed by atoms with Crippen LogP contribution in [-0.4, -0.2) is 0 Å². The lowest BCUT2D eigenvalue weighted by Crippen LogP contribution is -1.85. The molecule has 2 aromatic rings. The van der Waals surface area contributed by atoms with Gasteiger partial charge in [-0.25, -0.2) is 0 Å². The predicted octanol–water partition coefficient (Wildman–Crippen LogP) is 4.31. The molecule has 0 fully saturated rings. The van der Waals surface area contributed by atoms with Crippen molar-refractivity contribution in [2.24, 2.45) is 0 Å². The molecule has 0 aliphatic heterocycles. The van der Waals surface area contributed by atoms with E-state index in [0.717, 1.165) is 17.7 Å². The van der Waals surface area contributed by atoms with Crippen LogP contribution in [0, 0.1) is 0 Å². The molecule has 74 valence electrons. The standard InChI is InChI=1S/C12H14S2/c1-3-8-5-10(13)6-11-12(8)9(4-2)7-14-11/h5-7,13H,3-4H2,1-2H3. The van der Waals surface area contributed by atoms with Crippen LogP contribution >= 0.6 is 24.0 Å². The van der Waals surface area contributed by atoms with Gasteiger partial charge < -0.3 is 0 Å². The van der Waals surface area contributed by atoms with Crippen molar-refractivity contribution in [3.05, 3.63) is 28.6 Å². The summed E-state index contributed by atoms with van der Waals surface area (Å²) in [6.45, 7) is 4.43. The van der Waals surface area contributed by atoms with E-state index in [1.165, 1.54) is 21.2 Å². The molecule has 0 unspecified atom stereocenters. The molecule has 14 heavy (non-hydrogen) atoms. The summed E-state index contributed by atoms with van der Waals surface area (Å²) in [5, 5.41) is 3.75. The molecular weight excluding hydrogens is 208 g/mol. The van der Waals surface area contributed by atoms with E-state index in [-0.39, 0.29) is 0 Å². The van der Waals surface area contributed by atoms with Crippen molar-refractivity contribution in [3.8, 4) is 0 Å². The van der Waals surface area contributed by atoms with Gasteiger partial charge in [-0.15, -0.1) is 24.0 Å². The third kappa shape index (κ3) is 1.57. The second-order valence-electron chi connectivity index (χ2n) is 3.45. The Morgan fingerprint density at radius 2 is 1.86 bits per heavy atom. The molecule has 0 bridgehead atoms. The number of benzene rings is 1. The maximum Gasteiger partial charge on any atom is 0.0359 e. The van der Waals surface area contributed by atoms with Crippen molar-refractivity contribution in [1.82, 2.24) is 0 Å².